The Hall–Kier alpha value is -3.11. The molecule has 1 aliphatic heterocycles. The van der Waals surface area contributed by atoms with Crippen LogP contribution in [0.2, 0.25) is 0 Å². The predicted octanol–water partition coefficient (Wildman–Crippen LogP) is 2.19. The third kappa shape index (κ3) is 4.64. The lowest BCUT2D eigenvalue weighted by molar-refractivity contribution is 0.0920. The lowest BCUT2D eigenvalue weighted by Gasteiger charge is -2.12. The summed E-state index contributed by atoms with van der Waals surface area (Å²) in [5.74, 6) is 0.0835. The minimum atomic E-state index is -3.67. The molecular formula is C21H25N5O4S. The number of aryl methyl sites for hydroxylation is 1. The largest absolute Gasteiger partial charge is 0.438 e. The first-order valence-electron chi connectivity index (χ1n) is 10.2. The molecule has 164 valence electrons. The first-order valence-corrected chi connectivity index (χ1v) is 11.7. The summed E-state index contributed by atoms with van der Waals surface area (Å²) in [5, 5.41) is 7.07. The minimum absolute atomic E-state index is 0.0182. The van der Waals surface area contributed by atoms with Gasteiger partial charge >= 0.3 is 0 Å². The first-order chi connectivity index (χ1) is 14.9. The molecule has 0 bridgehead atoms. The number of para-hydroxylation sites is 1. The maximum Gasteiger partial charge on any atom is 0.287 e. The van der Waals surface area contributed by atoms with Gasteiger partial charge < -0.3 is 15.5 Å². The van der Waals surface area contributed by atoms with E-state index >= 15 is 0 Å². The van der Waals surface area contributed by atoms with Crippen molar-refractivity contribution in [2.45, 2.75) is 30.8 Å². The van der Waals surface area contributed by atoms with Gasteiger partial charge in [-0.1, -0.05) is 18.2 Å². The Morgan fingerprint density at radius 1 is 1.13 bits per heavy atom. The van der Waals surface area contributed by atoms with Gasteiger partial charge in [-0.25, -0.2) is 13.1 Å². The molecule has 0 saturated carbocycles. The van der Waals surface area contributed by atoms with Crippen LogP contribution in [0.5, 0.6) is 0 Å². The minimum Gasteiger partial charge on any atom is -0.438 e. The number of hydrogen-bond acceptors (Lipinski definition) is 6. The highest BCUT2D eigenvalue weighted by Crippen LogP contribution is 2.22. The van der Waals surface area contributed by atoms with Gasteiger partial charge in [0.1, 0.15) is 5.82 Å². The first kappa shape index (κ1) is 21.1. The summed E-state index contributed by atoms with van der Waals surface area (Å²) in [6.07, 6.45) is 2.96. The van der Waals surface area contributed by atoms with E-state index in [9.17, 15) is 13.2 Å². The molecule has 1 aromatic carbocycles. The second kappa shape index (κ2) is 8.94. The van der Waals surface area contributed by atoms with Crippen LogP contribution in [0, 0.1) is 0 Å². The van der Waals surface area contributed by atoms with Crippen LogP contribution >= 0.6 is 0 Å². The number of carbonyl (C=O) groups is 1. The molecule has 3 N–H and O–H groups in total. The Kier molecular flexibility index (Phi) is 6.10. The second-order valence-corrected chi connectivity index (χ2v) is 9.27. The number of carbonyl (C=O) groups excluding carboxylic acids is 1. The van der Waals surface area contributed by atoms with Gasteiger partial charge in [0.2, 0.25) is 5.09 Å². The zero-order valence-electron chi connectivity index (χ0n) is 17.0. The number of nitrogens with one attached hydrogen (secondary N) is 1. The Morgan fingerprint density at radius 3 is 2.61 bits per heavy atom. The highest BCUT2D eigenvalue weighted by Gasteiger charge is 2.30. The molecule has 3 aromatic rings. The van der Waals surface area contributed by atoms with E-state index in [4.69, 9.17) is 10.2 Å². The molecule has 2 aromatic heterocycles. The number of aromatic nitrogens is 2. The number of nitrogens with two attached hydrogens (primary N) is 1. The van der Waals surface area contributed by atoms with Crippen molar-refractivity contribution in [2.75, 3.05) is 25.4 Å². The number of furan rings is 1. The normalized spacial score (nSPS) is 14.7. The molecule has 0 aliphatic carbocycles. The van der Waals surface area contributed by atoms with Crippen molar-refractivity contribution in [3.63, 3.8) is 0 Å². The molecule has 0 spiro atoms. The van der Waals surface area contributed by atoms with Crippen LogP contribution in [0.3, 0.4) is 0 Å². The van der Waals surface area contributed by atoms with Crippen LogP contribution in [0.15, 0.2) is 58.0 Å². The molecule has 10 heteroatoms. The molecule has 1 fully saturated rings. The lowest BCUT2D eigenvalue weighted by Crippen LogP contribution is -2.27. The maximum absolute atomic E-state index is 12.5. The lowest BCUT2D eigenvalue weighted by atomic mass is 10.2. The third-order valence-corrected chi connectivity index (χ3v) is 6.92. The number of hydrogen-bond donors (Lipinski definition) is 2. The number of nitrogens with zero attached hydrogens (tertiary/aromatic N) is 3. The SMILES string of the molecule is Nc1cc(CCCNC(=O)c2ccc(S(=O)(=O)N3CCCC3)o2)nn1-c1ccccc1. The number of rotatable bonds is 8. The summed E-state index contributed by atoms with van der Waals surface area (Å²) in [5.41, 5.74) is 7.76. The number of sulfonamides is 1. The summed E-state index contributed by atoms with van der Waals surface area (Å²) in [6, 6.07) is 14.2. The van der Waals surface area contributed by atoms with E-state index in [1.54, 1.807) is 4.68 Å². The van der Waals surface area contributed by atoms with E-state index in [-0.39, 0.29) is 10.9 Å². The van der Waals surface area contributed by atoms with Gasteiger partial charge in [0.25, 0.3) is 15.9 Å². The molecule has 1 amide bonds. The van der Waals surface area contributed by atoms with Gasteiger partial charge in [-0.05, 0) is 49.9 Å². The van der Waals surface area contributed by atoms with Crippen LogP contribution in [-0.2, 0) is 16.4 Å². The van der Waals surface area contributed by atoms with Gasteiger partial charge in [0, 0.05) is 25.7 Å². The van der Waals surface area contributed by atoms with Gasteiger partial charge in [0.15, 0.2) is 5.76 Å². The van der Waals surface area contributed by atoms with E-state index in [1.165, 1.54) is 16.4 Å². The molecule has 0 unspecified atom stereocenters. The van der Waals surface area contributed by atoms with Crippen molar-refractivity contribution in [2.24, 2.45) is 0 Å². The molecule has 0 radical (unpaired) electrons. The van der Waals surface area contributed by atoms with Crippen LogP contribution in [0.4, 0.5) is 5.82 Å². The zero-order valence-corrected chi connectivity index (χ0v) is 17.8. The molecule has 9 nitrogen and oxygen atoms in total. The number of nitrogen functional groups attached to an aromatic ring is 1. The average molecular weight is 444 g/mol. The highest BCUT2D eigenvalue weighted by atomic mass is 32.2. The smallest absolute Gasteiger partial charge is 0.287 e. The van der Waals surface area contributed by atoms with Crippen molar-refractivity contribution >= 4 is 21.7 Å². The molecule has 3 heterocycles. The van der Waals surface area contributed by atoms with Crippen molar-refractivity contribution in [3.8, 4) is 5.69 Å². The van der Waals surface area contributed by atoms with E-state index in [0.29, 0.717) is 38.3 Å². The standard InChI is InChI=1S/C21H25N5O4S/c22-19-15-16(24-26(19)17-8-2-1-3-9-17)7-6-12-23-21(27)18-10-11-20(30-18)31(28,29)25-13-4-5-14-25/h1-3,8-11,15H,4-7,12-14,22H2,(H,23,27). The van der Waals surface area contributed by atoms with E-state index < -0.39 is 15.9 Å². The molecule has 4 rings (SSSR count). The fourth-order valence-electron chi connectivity index (χ4n) is 3.54. The van der Waals surface area contributed by atoms with E-state index in [2.05, 4.69) is 10.4 Å². The zero-order chi connectivity index (χ0) is 21.8. The van der Waals surface area contributed by atoms with Crippen LogP contribution in [0.1, 0.15) is 35.5 Å². The van der Waals surface area contributed by atoms with Gasteiger partial charge in [0.05, 0.1) is 11.4 Å². The van der Waals surface area contributed by atoms with Crippen LogP contribution < -0.4 is 11.1 Å². The molecule has 1 saturated heterocycles. The van der Waals surface area contributed by atoms with E-state index in [1.807, 2.05) is 36.4 Å². The highest BCUT2D eigenvalue weighted by molar-refractivity contribution is 7.89. The topological polar surface area (TPSA) is 123 Å². The second-order valence-electron chi connectivity index (χ2n) is 7.40. The third-order valence-electron chi connectivity index (χ3n) is 5.15. The summed E-state index contributed by atoms with van der Waals surface area (Å²) in [4.78, 5) is 12.3. The van der Waals surface area contributed by atoms with Crippen molar-refractivity contribution in [1.29, 1.82) is 0 Å². The predicted molar refractivity (Wildman–Crippen MR) is 115 cm³/mol. The summed E-state index contributed by atoms with van der Waals surface area (Å²) >= 11 is 0. The Labute approximate surface area is 180 Å². The number of anilines is 1. The Morgan fingerprint density at radius 2 is 1.87 bits per heavy atom. The molecular weight excluding hydrogens is 418 g/mol. The molecule has 0 atom stereocenters. The quantitative estimate of drug-likeness (QED) is 0.515. The summed E-state index contributed by atoms with van der Waals surface area (Å²) in [6.45, 7) is 1.36. The van der Waals surface area contributed by atoms with Gasteiger partial charge in [-0.2, -0.15) is 9.40 Å². The van der Waals surface area contributed by atoms with E-state index in [0.717, 1.165) is 24.2 Å². The van der Waals surface area contributed by atoms with Crippen LogP contribution in [0.25, 0.3) is 5.69 Å². The van der Waals surface area contributed by atoms with Crippen molar-refractivity contribution < 1.29 is 17.6 Å². The number of benzene rings is 1. The number of amides is 1. The molecule has 1 aliphatic rings. The van der Waals surface area contributed by atoms with Crippen LogP contribution in [-0.4, -0.2) is 48.0 Å². The average Bonchev–Trinajstić information content (AvgIpc) is 3.53. The van der Waals surface area contributed by atoms with Crippen molar-refractivity contribution in [3.05, 3.63) is 60.0 Å². The summed E-state index contributed by atoms with van der Waals surface area (Å²) < 4.78 is 33.4. The summed E-state index contributed by atoms with van der Waals surface area (Å²) in [7, 11) is -3.67. The Bertz CT molecular complexity index is 1150. The van der Waals surface area contributed by atoms with Gasteiger partial charge in [-0.3, -0.25) is 4.79 Å². The molecule has 31 heavy (non-hydrogen) atoms. The monoisotopic (exact) mass is 443 g/mol. The fourth-order valence-corrected chi connectivity index (χ4v) is 4.97. The van der Waals surface area contributed by atoms with Gasteiger partial charge in [-0.15, -0.1) is 0 Å². The van der Waals surface area contributed by atoms with Crippen molar-refractivity contribution in [1.82, 2.24) is 19.4 Å². The Balaban J connectivity index is 1.29. The fraction of sp³-hybridized carbons (Fsp3) is 0.333. The maximum atomic E-state index is 12.5.